The average molecular weight is 311 g/mol. The van der Waals surface area contributed by atoms with E-state index in [1.165, 1.54) is 10.7 Å². The fourth-order valence-corrected chi connectivity index (χ4v) is 3.23. The smallest absolute Gasteiger partial charge is 0.345 e. The monoisotopic (exact) mass is 311 g/mol. The number of aromatic carboxylic acids is 1. The van der Waals surface area contributed by atoms with Crippen molar-refractivity contribution in [2.45, 2.75) is 0 Å². The maximum atomic E-state index is 12.5. The first-order valence-electron chi connectivity index (χ1n) is 6.47. The predicted molar refractivity (Wildman–Crippen MR) is 84.0 cm³/mol. The van der Waals surface area contributed by atoms with Gasteiger partial charge < -0.3 is 5.11 Å². The summed E-state index contributed by atoms with van der Waals surface area (Å²) < 4.78 is 1.36. The third-order valence-electron chi connectivity index (χ3n) is 3.46. The zero-order chi connectivity index (χ0) is 15.3. The lowest BCUT2D eigenvalue weighted by atomic mass is 10.2. The molecule has 0 amide bonds. The molecule has 0 saturated carbocycles. The first kappa shape index (κ1) is 12.8. The first-order chi connectivity index (χ1) is 10.6. The Hall–Kier alpha value is -2.93. The lowest BCUT2D eigenvalue weighted by Crippen LogP contribution is -2.12. The van der Waals surface area contributed by atoms with Crippen LogP contribution < -0.4 is 5.56 Å². The summed E-state index contributed by atoms with van der Waals surface area (Å²) in [5, 5.41) is 13.9. The molecule has 3 heterocycles. The van der Waals surface area contributed by atoms with Crippen LogP contribution in [0.5, 0.6) is 0 Å². The van der Waals surface area contributed by atoms with Gasteiger partial charge in [-0.1, -0.05) is 18.2 Å². The number of carboxylic acids is 1. The van der Waals surface area contributed by atoms with Gasteiger partial charge >= 0.3 is 5.97 Å². The number of nitrogens with zero attached hydrogens (tertiary/aromatic N) is 2. The van der Waals surface area contributed by atoms with Crippen LogP contribution in [0.15, 0.2) is 47.4 Å². The topological polar surface area (TPSA) is 88.0 Å². The van der Waals surface area contributed by atoms with Crippen LogP contribution in [-0.4, -0.2) is 25.8 Å². The third-order valence-corrected chi connectivity index (χ3v) is 4.51. The molecule has 0 spiro atoms. The zero-order valence-corrected chi connectivity index (χ0v) is 11.9. The largest absolute Gasteiger partial charge is 0.477 e. The Bertz CT molecular complexity index is 1090. The van der Waals surface area contributed by atoms with Gasteiger partial charge in [-0.05, 0) is 18.2 Å². The Balaban J connectivity index is 2.02. The van der Waals surface area contributed by atoms with Crippen LogP contribution in [0.4, 0.5) is 0 Å². The summed E-state index contributed by atoms with van der Waals surface area (Å²) in [7, 11) is 0. The number of fused-ring (bicyclic) bond motifs is 3. The van der Waals surface area contributed by atoms with Crippen LogP contribution in [0.1, 0.15) is 9.67 Å². The number of nitrogens with one attached hydrogen (secondary N) is 1. The highest BCUT2D eigenvalue weighted by atomic mass is 32.1. The molecule has 0 radical (unpaired) electrons. The van der Waals surface area contributed by atoms with E-state index in [0.717, 1.165) is 22.2 Å². The summed E-state index contributed by atoms with van der Waals surface area (Å²) in [4.78, 5) is 28.0. The SMILES string of the molecule is O=C(O)c1ccc(-n2[nH]c3c(cnc4ccccc43)c2=O)s1. The molecular formula is C15H9N3O3S. The van der Waals surface area contributed by atoms with E-state index >= 15 is 0 Å². The highest BCUT2D eigenvalue weighted by Crippen LogP contribution is 2.23. The second kappa shape index (κ2) is 4.54. The van der Waals surface area contributed by atoms with Crippen molar-refractivity contribution in [2.24, 2.45) is 0 Å². The first-order valence-corrected chi connectivity index (χ1v) is 7.29. The molecule has 22 heavy (non-hydrogen) atoms. The molecule has 108 valence electrons. The highest BCUT2D eigenvalue weighted by Gasteiger charge is 2.14. The number of pyridine rings is 1. The molecule has 0 fully saturated rings. The molecule has 0 aliphatic rings. The maximum absolute atomic E-state index is 12.5. The van der Waals surface area contributed by atoms with Crippen molar-refractivity contribution in [1.82, 2.24) is 14.8 Å². The van der Waals surface area contributed by atoms with Gasteiger partial charge in [0.1, 0.15) is 9.88 Å². The quantitative estimate of drug-likeness (QED) is 0.595. The number of hydrogen-bond donors (Lipinski definition) is 2. The minimum atomic E-state index is -1.01. The highest BCUT2D eigenvalue weighted by molar-refractivity contribution is 7.16. The van der Waals surface area contributed by atoms with Gasteiger partial charge in [-0.15, -0.1) is 11.3 Å². The van der Waals surface area contributed by atoms with E-state index in [-0.39, 0.29) is 10.4 Å². The fraction of sp³-hybridized carbons (Fsp3) is 0. The van der Waals surface area contributed by atoms with Crippen LogP contribution in [0.2, 0.25) is 0 Å². The number of aromatic amines is 1. The summed E-state index contributed by atoms with van der Waals surface area (Å²) in [6.07, 6.45) is 1.54. The number of para-hydroxylation sites is 1. The van der Waals surface area contributed by atoms with Crippen molar-refractivity contribution in [3.05, 3.63) is 57.8 Å². The number of carbonyl (C=O) groups is 1. The number of hydrogen-bond acceptors (Lipinski definition) is 4. The van der Waals surface area contributed by atoms with E-state index < -0.39 is 5.97 Å². The van der Waals surface area contributed by atoms with E-state index in [0.29, 0.717) is 15.9 Å². The Morgan fingerprint density at radius 1 is 1.18 bits per heavy atom. The van der Waals surface area contributed by atoms with Crippen molar-refractivity contribution < 1.29 is 9.90 Å². The molecule has 1 aromatic carbocycles. The molecular weight excluding hydrogens is 302 g/mol. The normalized spacial score (nSPS) is 11.3. The van der Waals surface area contributed by atoms with Crippen LogP contribution in [-0.2, 0) is 0 Å². The summed E-state index contributed by atoms with van der Waals surface area (Å²) in [5.74, 6) is -1.01. The Morgan fingerprint density at radius 3 is 2.77 bits per heavy atom. The van der Waals surface area contributed by atoms with Crippen molar-refractivity contribution in [3.63, 3.8) is 0 Å². The second-order valence-corrected chi connectivity index (χ2v) is 5.82. The molecule has 4 rings (SSSR count). The minimum Gasteiger partial charge on any atom is -0.477 e. The van der Waals surface area contributed by atoms with Crippen molar-refractivity contribution in [3.8, 4) is 5.00 Å². The van der Waals surface area contributed by atoms with E-state index in [1.54, 1.807) is 12.3 Å². The maximum Gasteiger partial charge on any atom is 0.345 e. The molecule has 0 unspecified atom stereocenters. The van der Waals surface area contributed by atoms with Gasteiger partial charge in [0.25, 0.3) is 5.56 Å². The molecule has 7 heteroatoms. The molecule has 6 nitrogen and oxygen atoms in total. The molecule has 0 aliphatic carbocycles. The molecule has 3 aromatic heterocycles. The zero-order valence-electron chi connectivity index (χ0n) is 11.1. The lowest BCUT2D eigenvalue weighted by Gasteiger charge is -1.97. The number of thiophene rings is 1. The number of aromatic nitrogens is 3. The minimum absolute atomic E-state index is 0.184. The summed E-state index contributed by atoms with van der Waals surface area (Å²) in [5.41, 5.74) is 1.24. The van der Waals surface area contributed by atoms with E-state index in [2.05, 4.69) is 10.1 Å². The number of H-pyrrole nitrogens is 1. The van der Waals surface area contributed by atoms with Crippen molar-refractivity contribution in [2.75, 3.05) is 0 Å². The fourth-order valence-electron chi connectivity index (χ4n) is 2.42. The molecule has 0 saturated heterocycles. The molecule has 4 aromatic rings. The third kappa shape index (κ3) is 1.76. The van der Waals surface area contributed by atoms with Crippen LogP contribution in [0, 0.1) is 0 Å². The summed E-state index contributed by atoms with van der Waals surface area (Å²) in [6.45, 7) is 0. The summed E-state index contributed by atoms with van der Waals surface area (Å²) in [6, 6.07) is 10.6. The standard InChI is InChI=1S/C15H9N3O3S/c19-14-9-7-16-10-4-2-1-3-8(10)13(9)17-18(14)12-6-5-11(22-12)15(20)21/h1-7,17H,(H,20,21). The Kier molecular flexibility index (Phi) is 2.64. The number of rotatable bonds is 2. The van der Waals surface area contributed by atoms with Crippen molar-refractivity contribution in [1.29, 1.82) is 0 Å². The predicted octanol–water partition coefficient (Wildman–Crippen LogP) is 2.63. The van der Waals surface area contributed by atoms with E-state index in [1.807, 2.05) is 24.3 Å². The van der Waals surface area contributed by atoms with Gasteiger partial charge in [0, 0.05) is 11.6 Å². The Labute approximate surface area is 127 Å². The van der Waals surface area contributed by atoms with Gasteiger partial charge in [0.15, 0.2) is 0 Å². The van der Waals surface area contributed by atoms with Gasteiger partial charge in [-0.3, -0.25) is 14.9 Å². The molecule has 0 atom stereocenters. The number of benzene rings is 1. The van der Waals surface area contributed by atoms with E-state index in [4.69, 9.17) is 5.11 Å². The number of carboxylic acid groups (broad SMARTS) is 1. The van der Waals surface area contributed by atoms with Gasteiger partial charge in [-0.2, -0.15) is 0 Å². The molecule has 0 bridgehead atoms. The molecule has 0 aliphatic heterocycles. The molecule has 2 N–H and O–H groups in total. The van der Waals surface area contributed by atoms with Crippen LogP contribution in [0.3, 0.4) is 0 Å². The van der Waals surface area contributed by atoms with Crippen molar-refractivity contribution >= 4 is 39.1 Å². The second-order valence-electron chi connectivity index (χ2n) is 4.76. The Morgan fingerprint density at radius 2 is 2.00 bits per heavy atom. The van der Waals surface area contributed by atoms with Gasteiger partial charge in [-0.25, -0.2) is 9.48 Å². The lowest BCUT2D eigenvalue weighted by molar-refractivity contribution is 0.0702. The van der Waals surface area contributed by atoms with Crippen LogP contribution in [0.25, 0.3) is 26.8 Å². The average Bonchev–Trinajstić information content (AvgIpc) is 3.12. The van der Waals surface area contributed by atoms with E-state index in [9.17, 15) is 9.59 Å². The summed E-state index contributed by atoms with van der Waals surface area (Å²) >= 11 is 1.04. The van der Waals surface area contributed by atoms with Gasteiger partial charge in [0.2, 0.25) is 0 Å². The van der Waals surface area contributed by atoms with Gasteiger partial charge in [0.05, 0.1) is 16.4 Å². The van der Waals surface area contributed by atoms with Crippen LogP contribution >= 0.6 is 11.3 Å².